The lowest BCUT2D eigenvalue weighted by Crippen LogP contribution is -2.21. The van der Waals surface area contributed by atoms with E-state index in [4.69, 9.17) is 5.73 Å². The van der Waals surface area contributed by atoms with Crippen molar-refractivity contribution >= 4 is 39.0 Å². The molecule has 0 heterocycles. The maximum atomic E-state index is 12.5. The third kappa shape index (κ3) is 6.91. The predicted octanol–water partition coefficient (Wildman–Crippen LogP) is 3.85. The quantitative estimate of drug-likeness (QED) is 0.429. The first kappa shape index (κ1) is 21.8. The number of benzene rings is 2. The van der Waals surface area contributed by atoms with Crippen molar-refractivity contribution in [2.45, 2.75) is 13.0 Å². The highest BCUT2D eigenvalue weighted by molar-refractivity contribution is 9.10. The van der Waals surface area contributed by atoms with Crippen LogP contribution in [0.4, 0.5) is 35.0 Å². The molecule has 0 spiro atoms. The Morgan fingerprint density at radius 1 is 1.14 bits per heavy atom. The Labute approximate surface area is 167 Å². The molecule has 0 aliphatic rings. The lowest BCUT2D eigenvalue weighted by molar-refractivity contribution is -0.274. The summed E-state index contributed by atoms with van der Waals surface area (Å²) in [7, 11) is 0. The minimum absolute atomic E-state index is 0.0688. The zero-order valence-electron chi connectivity index (χ0n) is 14.4. The number of amides is 2. The number of nitrogens with two attached hydrogens (primary N) is 1. The van der Waals surface area contributed by atoms with E-state index in [9.17, 15) is 23.1 Å². The second kappa shape index (κ2) is 9.62. The highest BCUT2D eigenvalue weighted by Gasteiger charge is 2.31. The molecule has 2 aromatic rings. The van der Waals surface area contributed by atoms with Crippen molar-refractivity contribution in [1.82, 2.24) is 0 Å². The van der Waals surface area contributed by atoms with Crippen LogP contribution >= 0.6 is 15.9 Å². The Bertz CT molecular complexity index is 834. The average Bonchev–Trinajstić information content (AvgIpc) is 2.58. The normalized spacial score (nSPS) is 11.1. The van der Waals surface area contributed by atoms with E-state index >= 15 is 0 Å². The standard InChI is InChI=1S/C17H18BrF3N4O3/c18-11-2-1-10(9-26)15(5-11)25-16(27)24-13-6-12(23-4-3-22)7-14(8-13)28-17(19,20)21/h1-2,5-8,23,26H,3-4,9,22H2,(H2,24,25,27). The summed E-state index contributed by atoms with van der Waals surface area (Å²) in [6.45, 7) is 0.282. The Morgan fingerprint density at radius 2 is 1.86 bits per heavy atom. The number of aliphatic hydroxyl groups excluding tert-OH is 1. The van der Waals surface area contributed by atoms with Gasteiger partial charge in [-0.1, -0.05) is 22.0 Å². The van der Waals surface area contributed by atoms with Crippen LogP contribution in [0.15, 0.2) is 40.9 Å². The minimum Gasteiger partial charge on any atom is -0.406 e. The first-order valence-electron chi connectivity index (χ1n) is 8.02. The fourth-order valence-electron chi connectivity index (χ4n) is 2.27. The van der Waals surface area contributed by atoms with Gasteiger partial charge < -0.3 is 31.5 Å². The summed E-state index contributed by atoms with van der Waals surface area (Å²) in [5.74, 6) is -0.497. The number of alkyl halides is 3. The monoisotopic (exact) mass is 462 g/mol. The van der Waals surface area contributed by atoms with E-state index in [1.807, 2.05) is 0 Å². The maximum absolute atomic E-state index is 12.5. The fourth-order valence-corrected chi connectivity index (χ4v) is 2.63. The summed E-state index contributed by atoms with van der Waals surface area (Å²) < 4.78 is 42.2. The number of carbonyl (C=O) groups is 1. The molecule has 0 aromatic heterocycles. The number of nitrogens with one attached hydrogen (secondary N) is 3. The first-order valence-corrected chi connectivity index (χ1v) is 8.81. The van der Waals surface area contributed by atoms with E-state index < -0.39 is 18.1 Å². The molecule has 152 valence electrons. The number of anilines is 3. The zero-order valence-corrected chi connectivity index (χ0v) is 16.0. The Hall–Kier alpha value is -2.50. The number of ether oxygens (including phenoxy) is 1. The molecule has 0 unspecified atom stereocenters. The lowest BCUT2D eigenvalue weighted by atomic mass is 10.2. The molecule has 6 N–H and O–H groups in total. The summed E-state index contributed by atoms with van der Waals surface area (Å²) in [6.07, 6.45) is -4.88. The number of aliphatic hydroxyl groups is 1. The van der Waals surface area contributed by atoms with Crippen LogP contribution in [0.5, 0.6) is 5.75 Å². The van der Waals surface area contributed by atoms with Gasteiger partial charge in [-0.05, 0) is 18.2 Å². The molecule has 0 radical (unpaired) electrons. The Balaban J connectivity index is 2.20. The Morgan fingerprint density at radius 3 is 2.50 bits per heavy atom. The van der Waals surface area contributed by atoms with Gasteiger partial charge >= 0.3 is 12.4 Å². The van der Waals surface area contributed by atoms with Crippen LogP contribution in [0.1, 0.15) is 5.56 Å². The summed E-state index contributed by atoms with van der Waals surface area (Å²) >= 11 is 3.26. The average molecular weight is 463 g/mol. The van der Waals surface area contributed by atoms with Crippen LogP contribution in [0.2, 0.25) is 0 Å². The molecule has 0 fully saturated rings. The highest BCUT2D eigenvalue weighted by Crippen LogP contribution is 2.29. The van der Waals surface area contributed by atoms with Gasteiger partial charge in [-0.15, -0.1) is 13.2 Å². The van der Waals surface area contributed by atoms with Gasteiger partial charge in [0.05, 0.1) is 6.61 Å². The zero-order chi connectivity index (χ0) is 20.7. The van der Waals surface area contributed by atoms with Gasteiger partial charge in [0.1, 0.15) is 5.75 Å². The van der Waals surface area contributed by atoms with E-state index in [-0.39, 0.29) is 18.8 Å². The molecule has 0 saturated heterocycles. The molecule has 2 rings (SSSR count). The second-order valence-corrected chi connectivity index (χ2v) is 6.46. The van der Waals surface area contributed by atoms with Crippen molar-refractivity contribution in [3.63, 3.8) is 0 Å². The lowest BCUT2D eigenvalue weighted by Gasteiger charge is -2.15. The van der Waals surface area contributed by atoms with Crippen LogP contribution in [0, 0.1) is 0 Å². The van der Waals surface area contributed by atoms with Gasteiger partial charge in [-0.25, -0.2) is 4.79 Å². The third-order valence-electron chi connectivity index (χ3n) is 3.36. The van der Waals surface area contributed by atoms with E-state index in [0.29, 0.717) is 28.0 Å². The maximum Gasteiger partial charge on any atom is 0.573 e. The van der Waals surface area contributed by atoms with Gasteiger partial charge in [0.2, 0.25) is 0 Å². The van der Waals surface area contributed by atoms with E-state index in [0.717, 1.165) is 12.1 Å². The molecular formula is C17H18BrF3N4O3. The summed E-state index contributed by atoms with van der Waals surface area (Å²) in [6, 6.07) is 7.81. The molecular weight excluding hydrogens is 445 g/mol. The highest BCUT2D eigenvalue weighted by atomic mass is 79.9. The third-order valence-corrected chi connectivity index (χ3v) is 3.86. The van der Waals surface area contributed by atoms with Gasteiger partial charge in [0, 0.05) is 52.3 Å². The molecule has 0 saturated carbocycles. The van der Waals surface area contributed by atoms with Crippen molar-refractivity contribution in [2.24, 2.45) is 5.73 Å². The molecule has 0 aliphatic heterocycles. The molecule has 2 aromatic carbocycles. The van der Waals surface area contributed by atoms with Crippen molar-refractivity contribution in [3.05, 3.63) is 46.4 Å². The molecule has 0 bridgehead atoms. The van der Waals surface area contributed by atoms with E-state index in [1.165, 1.54) is 6.07 Å². The number of rotatable bonds is 7. The fraction of sp³-hybridized carbons (Fsp3) is 0.235. The smallest absolute Gasteiger partial charge is 0.406 e. The SMILES string of the molecule is NCCNc1cc(NC(=O)Nc2cc(Br)ccc2CO)cc(OC(F)(F)F)c1. The van der Waals surface area contributed by atoms with Gasteiger partial charge in [-0.2, -0.15) is 0 Å². The summed E-state index contributed by atoms with van der Waals surface area (Å²) in [5, 5.41) is 17.1. The number of halogens is 4. The van der Waals surface area contributed by atoms with Gasteiger partial charge in [0.25, 0.3) is 0 Å². The summed E-state index contributed by atoms with van der Waals surface area (Å²) in [5.41, 5.74) is 6.56. The van der Waals surface area contributed by atoms with Crippen LogP contribution in [-0.4, -0.2) is 30.6 Å². The van der Waals surface area contributed by atoms with Crippen LogP contribution in [0.25, 0.3) is 0 Å². The number of hydrogen-bond donors (Lipinski definition) is 5. The van der Waals surface area contributed by atoms with Crippen molar-refractivity contribution in [1.29, 1.82) is 0 Å². The first-order chi connectivity index (χ1) is 13.2. The Kier molecular flexibility index (Phi) is 7.49. The van der Waals surface area contributed by atoms with Crippen molar-refractivity contribution in [2.75, 3.05) is 29.0 Å². The number of urea groups is 1. The summed E-state index contributed by atoms with van der Waals surface area (Å²) in [4.78, 5) is 12.3. The predicted molar refractivity (Wildman–Crippen MR) is 103 cm³/mol. The van der Waals surface area contributed by atoms with Gasteiger partial charge in [-0.3, -0.25) is 0 Å². The topological polar surface area (TPSA) is 109 Å². The van der Waals surface area contributed by atoms with Gasteiger partial charge in [0.15, 0.2) is 0 Å². The van der Waals surface area contributed by atoms with Crippen molar-refractivity contribution in [3.8, 4) is 5.75 Å². The molecule has 28 heavy (non-hydrogen) atoms. The largest absolute Gasteiger partial charge is 0.573 e. The molecule has 7 nitrogen and oxygen atoms in total. The molecule has 0 aliphatic carbocycles. The molecule has 0 atom stereocenters. The van der Waals surface area contributed by atoms with E-state index in [1.54, 1.807) is 18.2 Å². The molecule has 11 heteroatoms. The van der Waals surface area contributed by atoms with E-state index in [2.05, 4.69) is 36.6 Å². The minimum atomic E-state index is -4.88. The van der Waals surface area contributed by atoms with Crippen LogP contribution < -0.4 is 26.4 Å². The van der Waals surface area contributed by atoms with Crippen LogP contribution in [-0.2, 0) is 6.61 Å². The van der Waals surface area contributed by atoms with Crippen LogP contribution in [0.3, 0.4) is 0 Å². The second-order valence-electron chi connectivity index (χ2n) is 5.55. The molecule has 2 amide bonds. The van der Waals surface area contributed by atoms with Crippen molar-refractivity contribution < 1.29 is 27.8 Å². The number of hydrogen-bond acceptors (Lipinski definition) is 5. The number of carbonyl (C=O) groups excluding carboxylic acids is 1.